The zero-order valence-electron chi connectivity index (χ0n) is 9.48. The zero-order valence-corrected chi connectivity index (χ0v) is 9.48. The fraction of sp³-hybridized carbons (Fsp3) is 0.364. The summed E-state index contributed by atoms with van der Waals surface area (Å²) in [6.07, 6.45) is 0.713. The van der Waals surface area contributed by atoms with Crippen molar-refractivity contribution in [3.63, 3.8) is 0 Å². The molecule has 0 aliphatic carbocycles. The maximum absolute atomic E-state index is 10.7. The van der Waals surface area contributed by atoms with Crippen LogP contribution >= 0.6 is 0 Å². The average molecular weight is 226 g/mol. The second kappa shape index (κ2) is 5.97. The van der Waals surface area contributed by atoms with Gasteiger partial charge in [-0.05, 0) is 12.1 Å². The smallest absolute Gasteiger partial charge is 0.206 e. The highest BCUT2D eigenvalue weighted by atomic mass is 16.7. The number of hydrogen-bond acceptors (Lipinski definition) is 5. The molecule has 0 saturated carbocycles. The lowest BCUT2D eigenvalue weighted by Crippen LogP contribution is -2.03. The number of benzene rings is 1. The maximum Gasteiger partial charge on any atom is 0.206 e. The van der Waals surface area contributed by atoms with Crippen molar-refractivity contribution in [3.8, 4) is 17.2 Å². The molecule has 0 N–H and O–H groups in total. The van der Waals surface area contributed by atoms with Crippen molar-refractivity contribution in [2.75, 3.05) is 28.1 Å². The average Bonchev–Trinajstić information content (AvgIpc) is 2.35. The Morgan fingerprint density at radius 1 is 1.12 bits per heavy atom. The van der Waals surface area contributed by atoms with Gasteiger partial charge >= 0.3 is 0 Å². The Balaban J connectivity index is 3.14. The highest BCUT2D eigenvalue weighted by Gasteiger charge is 2.13. The molecule has 0 radical (unpaired) electrons. The Hall–Kier alpha value is -1.75. The lowest BCUT2D eigenvalue weighted by molar-refractivity contribution is 0.0471. The van der Waals surface area contributed by atoms with Crippen molar-refractivity contribution >= 4 is 6.29 Å². The molecular weight excluding hydrogens is 212 g/mol. The number of carbonyl (C=O) groups excluding carboxylic acids is 1. The standard InChI is InChI=1S/C11H14O5/c1-13-7-16-11-9(14-2)4-8(6-12)5-10(11)15-3/h4-6H,7H2,1-3H3. The third-order valence-corrected chi connectivity index (χ3v) is 1.94. The van der Waals surface area contributed by atoms with E-state index in [0.29, 0.717) is 29.1 Å². The van der Waals surface area contributed by atoms with Gasteiger partial charge in [-0.1, -0.05) is 0 Å². The molecule has 0 aliphatic heterocycles. The van der Waals surface area contributed by atoms with E-state index in [0.717, 1.165) is 0 Å². The maximum atomic E-state index is 10.7. The number of carbonyl (C=O) groups is 1. The first-order chi connectivity index (χ1) is 7.76. The summed E-state index contributed by atoms with van der Waals surface area (Å²) in [4.78, 5) is 10.7. The Morgan fingerprint density at radius 2 is 1.69 bits per heavy atom. The monoisotopic (exact) mass is 226 g/mol. The first kappa shape index (κ1) is 12.3. The Labute approximate surface area is 93.9 Å². The Kier molecular flexibility index (Phi) is 4.60. The summed E-state index contributed by atoms with van der Waals surface area (Å²) in [6, 6.07) is 3.14. The minimum absolute atomic E-state index is 0.0765. The molecule has 0 fully saturated rings. The van der Waals surface area contributed by atoms with E-state index < -0.39 is 0 Å². The van der Waals surface area contributed by atoms with Crippen molar-refractivity contribution < 1.29 is 23.7 Å². The molecule has 0 unspecified atom stereocenters. The molecule has 5 nitrogen and oxygen atoms in total. The second-order valence-electron chi connectivity index (χ2n) is 2.92. The summed E-state index contributed by atoms with van der Waals surface area (Å²) in [5.41, 5.74) is 0.457. The van der Waals surface area contributed by atoms with Gasteiger partial charge in [0.25, 0.3) is 0 Å². The summed E-state index contributed by atoms with van der Waals surface area (Å²) in [5.74, 6) is 1.27. The van der Waals surface area contributed by atoms with Gasteiger partial charge in [0.2, 0.25) is 5.75 Å². The van der Waals surface area contributed by atoms with E-state index in [1.54, 1.807) is 12.1 Å². The lowest BCUT2D eigenvalue weighted by atomic mass is 10.2. The summed E-state index contributed by atoms with van der Waals surface area (Å²) in [6.45, 7) is 0.0765. The van der Waals surface area contributed by atoms with Crippen LogP contribution in [0.15, 0.2) is 12.1 Å². The largest absolute Gasteiger partial charge is 0.493 e. The highest BCUT2D eigenvalue weighted by Crippen LogP contribution is 2.38. The molecule has 16 heavy (non-hydrogen) atoms. The lowest BCUT2D eigenvalue weighted by Gasteiger charge is -2.14. The summed E-state index contributed by atoms with van der Waals surface area (Å²) in [7, 11) is 4.49. The first-order valence-electron chi connectivity index (χ1n) is 4.59. The Bertz CT molecular complexity index is 336. The van der Waals surface area contributed by atoms with Crippen molar-refractivity contribution in [3.05, 3.63) is 17.7 Å². The predicted octanol–water partition coefficient (Wildman–Crippen LogP) is 1.50. The van der Waals surface area contributed by atoms with Gasteiger partial charge in [0.15, 0.2) is 18.3 Å². The first-order valence-corrected chi connectivity index (χ1v) is 4.59. The van der Waals surface area contributed by atoms with Crippen LogP contribution in [0.25, 0.3) is 0 Å². The van der Waals surface area contributed by atoms with Gasteiger partial charge in [-0.15, -0.1) is 0 Å². The van der Waals surface area contributed by atoms with Crippen LogP contribution in [0.1, 0.15) is 10.4 Å². The predicted molar refractivity (Wildman–Crippen MR) is 57.4 cm³/mol. The van der Waals surface area contributed by atoms with Gasteiger partial charge in [-0.2, -0.15) is 0 Å². The van der Waals surface area contributed by atoms with Gasteiger partial charge in [0, 0.05) is 12.7 Å². The fourth-order valence-corrected chi connectivity index (χ4v) is 1.23. The van der Waals surface area contributed by atoms with E-state index in [2.05, 4.69) is 0 Å². The van der Waals surface area contributed by atoms with Gasteiger partial charge < -0.3 is 18.9 Å². The van der Waals surface area contributed by atoms with Crippen molar-refractivity contribution in [2.24, 2.45) is 0 Å². The quantitative estimate of drug-likeness (QED) is 0.543. The molecule has 0 amide bonds. The molecule has 0 aromatic heterocycles. The van der Waals surface area contributed by atoms with Crippen molar-refractivity contribution in [2.45, 2.75) is 0 Å². The number of methoxy groups -OCH3 is 3. The van der Waals surface area contributed by atoms with E-state index in [4.69, 9.17) is 18.9 Å². The van der Waals surface area contributed by atoms with Crippen LogP contribution in [0.3, 0.4) is 0 Å². The molecule has 1 rings (SSSR count). The number of rotatable bonds is 6. The molecule has 1 aromatic carbocycles. The van der Waals surface area contributed by atoms with Gasteiger partial charge in [0.1, 0.15) is 6.29 Å². The van der Waals surface area contributed by atoms with E-state index in [-0.39, 0.29) is 6.79 Å². The summed E-state index contributed by atoms with van der Waals surface area (Å²) < 4.78 is 20.3. The van der Waals surface area contributed by atoms with Gasteiger partial charge in [0.05, 0.1) is 14.2 Å². The molecule has 0 bridgehead atoms. The minimum Gasteiger partial charge on any atom is -0.493 e. The van der Waals surface area contributed by atoms with E-state index in [1.165, 1.54) is 21.3 Å². The second-order valence-corrected chi connectivity index (χ2v) is 2.92. The van der Waals surface area contributed by atoms with E-state index in [9.17, 15) is 4.79 Å². The molecular formula is C11H14O5. The molecule has 0 heterocycles. The number of hydrogen-bond donors (Lipinski definition) is 0. The van der Waals surface area contributed by atoms with Crippen LogP contribution in [-0.4, -0.2) is 34.4 Å². The summed E-state index contributed by atoms with van der Waals surface area (Å²) in [5, 5.41) is 0. The van der Waals surface area contributed by atoms with Crippen LogP contribution < -0.4 is 14.2 Å². The molecule has 1 aromatic rings. The van der Waals surface area contributed by atoms with Crippen LogP contribution in [0.4, 0.5) is 0 Å². The SMILES string of the molecule is COCOc1c(OC)cc(C=O)cc1OC. The normalized spacial score (nSPS) is 9.69. The van der Waals surface area contributed by atoms with Crippen LogP contribution in [-0.2, 0) is 4.74 Å². The van der Waals surface area contributed by atoms with Crippen LogP contribution in [0.2, 0.25) is 0 Å². The van der Waals surface area contributed by atoms with Crippen LogP contribution in [0.5, 0.6) is 17.2 Å². The molecule has 5 heteroatoms. The highest BCUT2D eigenvalue weighted by molar-refractivity contribution is 5.78. The Morgan fingerprint density at radius 3 is 2.06 bits per heavy atom. The van der Waals surface area contributed by atoms with Gasteiger partial charge in [-0.25, -0.2) is 0 Å². The molecule has 0 saturated heterocycles. The van der Waals surface area contributed by atoms with Crippen LogP contribution in [0, 0.1) is 0 Å². The number of ether oxygens (including phenoxy) is 4. The van der Waals surface area contributed by atoms with Gasteiger partial charge in [-0.3, -0.25) is 4.79 Å². The molecule has 0 spiro atoms. The van der Waals surface area contributed by atoms with Crippen molar-refractivity contribution in [1.29, 1.82) is 0 Å². The third kappa shape index (κ3) is 2.64. The fourth-order valence-electron chi connectivity index (χ4n) is 1.23. The van der Waals surface area contributed by atoms with E-state index in [1.807, 2.05) is 0 Å². The van der Waals surface area contributed by atoms with E-state index >= 15 is 0 Å². The number of aldehydes is 1. The minimum atomic E-state index is 0.0765. The molecule has 0 atom stereocenters. The topological polar surface area (TPSA) is 54.0 Å². The zero-order chi connectivity index (χ0) is 12.0. The molecule has 0 aliphatic rings. The van der Waals surface area contributed by atoms with Crippen molar-refractivity contribution in [1.82, 2.24) is 0 Å². The third-order valence-electron chi connectivity index (χ3n) is 1.94. The molecule has 88 valence electrons. The summed E-state index contributed by atoms with van der Waals surface area (Å²) >= 11 is 0.